The topological polar surface area (TPSA) is 37.3 Å². The summed E-state index contributed by atoms with van der Waals surface area (Å²) < 4.78 is 15.2. The Bertz CT molecular complexity index is 980. The highest BCUT2D eigenvalue weighted by molar-refractivity contribution is 5.78. The van der Waals surface area contributed by atoms with Gasteiger partial charge in [-0.15, -0.1) is 0 Å². The number of aryl methyl sites for hydroxylation is 1. The molecule has 3 aromatic rings. The van der Waals surface area contributed by atoms with Crippen molar-refractivity contribution >= 4 is 5.91 Å². The number of hydrogen-bond acceptors (Lipinski definition) is 2. The number of halogens is 1. The summed E-state index contributed by atoms with van der Waals surface area (Å²) in [5.41, 5.74) is 4.77. The van der Waals surface area contributed by atoms with Crippen LogP contribution in [-0.4, -0.2) is 28.5 Å². The molecule has 150 valence electrons. The molecule has 0 spiro atoms. The largest absolute Gasteiger partial charge is 0.354 e. The SMILES string of the molecule is Cn1cccc1C(CNC(=O)Cc1ccc(F)cc1)N1CCc2ccccc2C1. The van der Waals surface area contributed by atoms with E-state index in [2.05, 4.69) is 45.1 Å². The summed E-state index contributed by atoms with van der Waals surface area (Å²) in [6, 6.07) is 18.9. The zero-order valence-electron chi connectivity index (χ0n) is 16.6. The van der Waals surface area contributed by atoms with Gasteiger partial charge < -0.3 is 9.88 Å². The first-order valence-electron chi connectivity index (χ1n) is 10.0. The monoisotopic (exact) mass is 391 g/mol. The van der Waals surface area contributed by atoms with Crippen LogP contribution in [0.5, 0.6) is 0 Å². The average Bonchev–Trinajstić information content (AvgIpc) is 3.15. The van der Waals surface area contributed by atoms with Gasteiger partial charge in [0.1, 0.15) is 5.82 Å². The number of aromatic nitrogens is 1. The Labute approximate surface area is 171 Å². The van der Waals surface area contributed by atoms with Crippen LogP contribution in [0.4, 0.5) is 4.39 Å². The zero-order chi connectivity index (χ0) is 20.2. The van der Waals surface area contributed by atoms with Crippen LogP contribution in [0.2, 0.25) is 0 Å². The van der Waals surface area contributed by atoms with E-state index < -0.39 is 0 Å². The lowest BCUT2D eigenvalue weighted by atomic mass is 9.97. The lowest BCUT2D eigenvalue weighted by Crippen LogP contribution is -2.41. The van der Waals surface area contributed by atoms with Crippen molar-refractivity contribution in [2.45, 2.75) is 25.4 Å². The fourth-order valence-electron chi connectivity index (χ4n) is 4.09. The summed E-state index contributed by atoms with van der Waals surface area (Å²) in [5.74, 6) is -0.337. The standard InChI is InChI=1S/C24H26FN3O/c1-27-13-4-7-22(27)23(28-14-12-19-5-2-3-6-20(19)17-28)16-26-24(29)15-18-8-10-21(25)11-9-18/h2-11,13,23H,12,14-17H2,1H3,(H,26,29). The van der Waals surface area contributed by atoms with Gasteiger partial charge >= 0.3 is 0 Å². The number of nitrogens with one attached hydrogen (secondary N) is 1. The lowest BCUT2D eigenvalue weighted by molar-refractivity contribution is -0.120. The minimum absolute atomic E-state index is 0.0479. The van der Waals surface area contributed by atoms with Crippen molar-refractivity contribution in [3.8, 4) is 0 Å². The molecule has 0 saturated carbocycles. The number of hydrogen-bond donors (Lipinski definition) is 1. The molecule has 0 aliphatic carbocycles. The van der Waals surface area contributed by atoms with Crippen molar-refractivity contribution in [3.05, 3.63) is 95.1 Å². The number of benzene rings is 2. The summed E-state index contributed by atoms with van der Waals surface area (Å²) in [5, 5.41) is 3.09. The summed E-state index contributed by atoms with van der Waals surface area (Å²) in [7, 11) is 2.04. The normalized spacial score (nSPS) is 15.0. The quantitative estimate of drug-likeness (QED) is 0.697. The Hall–Kier alpha value is -2.92. The van der Waals surface area contributed by atoms with Crippen LogP contribution in [0.15, 0.2) is 66.9 Å². The molecule has 5 heteroatoms. The Kier molecular flexibility index (Phi) is 5.76. The first kappa shape index (κ1) is 19.4. The predicted octanol–water partition coefficient (Wildman–Crippen LogP) is 3.62. The molecule has 2 aromatic carbocycles. The maximum absolute atomic E-state index is 13.1. The molecule has 1 amide bonds. The van der Waals surface area contributed by atoms with Crippen LogP contribution in [0.25, 0.3) is 0 Å². The molecule has 4 nitrogen and oxygen atoms in total. The number of carbonyl (C=O) groups excluding carboxylic acids is 1. The van der Waals surface area contributed by atoms with Crippen molar-refractivity contribution in [2.24, 2.45) is 7.05 Å². The minimum Gasteiger partial charge on any atom is -0.354 e. The maximum Gasteiger partial charge on any atom is 0.224 e. The van der Waals surface area contributed by atoms with Gasteiger partial charge in [0, 0.05) is 38.6 Å². The van der Waals surface area contributed by atoms with Gasteiger partial charge in [-0.1, -0.05) is 36.4 Å². The van der Waals surface area contributed by atoms with Gasteiger partial charge in [0.05, 0.1) is 12.5 Å². The third-order valence-corrected chi connectivity index (χ3v) is 5.70. The molecule has 1 aromatic heterocycles. The molecule has 0 fully saturated rings. The van der Waals surface area contributed by atoms with Crippen molar-refractivity contribution in [2.75, 3.05) is 13.1 Å². The van der Waals surface area contributed by atoms with Crippen molar-refractivity contribution in [1.29, 1.82) is 0 Å². The molecule has 29 heavy (non-hydrogen) atoms. The molecule has 0 saturated heterocycles. The number of amides is 1. The third kappa shape index (κ3) is 4.57. The van der Waals surface area contributed by atoms with Gasteiger partial charge in [0.15, 0.2) is 0 Å². The van der Waals surface area contributed by atoms with E-state index in [1.54, 1.807) is 12.1 Å². The smallest absolute Gasteiger partial charge is 0.224 e. The van der Waals surface area contributed by atoms with Crippen LogP contribution < -0.4 is 5.32 Å². The number of nitrogens with zero attached hydrogens (tertiary/aromatic N) is 2. The molecule has 1 atom stereocenters. The Balaban J connectivity index is 1.46. The van der Waals surface area contributed by atoms with Gasteiger partial charge in [-0.3, -0.25) is 9.69 Å². The Morgan fingerprint density at radius 3 is 2.55 bits per heavy atom. The van der Waals surface area contributed by atoms with E-state index >= 15 is 0 Å². The summed E-state index contributed by atoms with van der Waals surface area (Å²) in [6.07, 6.45) is 3.31. The van der Waals surface area contributed by atoms with E-state index in [0.29, 0.717) is 6.54 Å². The fourth-order valence-corrected chi connectivity index (χ4v) is 4.09. The number of rotatable bonds is 6. The highest BCUT2D eigenvalue weighted by Crippen LogP contribution is 2.27. The van der Waals surface area contributed by atoms with E-state index in [-0.39, 0.29) is 24.2 Å². The van der Waals surface area contributed by atoms with Gasteiger partial charge in [-0.2, -0.15) is 0 Å². The first-order chi connectivity index (χ1) is 14.1. The van der Waals surface area contributed by atoms with Crippen LogP contribution in [-0.2, 0) is 31.2 Å². The second-order valence-electron chi connectivity index (χ2n) is 7.66. The van der Waals surface area contributed by atoms with Crippen LogP contribution in [0, 0.1) is 5.82 Å². The van der Waals surface area contributed by atoms with Crippen LogP contribution >= 0.6 is 0 Å². The molecular formula is C24H26FN3O. The van der Waals surface area contributed by atoms with E-state index in [4.69, 9.17) is 0 Å². The molecule has 1 aliphatic heterocycles. The molecule has 4 rings (SSSR count). The van der Waals surface area contributed by atoms with E-state index in [0.717, 1.165) is 25.1 Å². The summed E-state index contributed by atoms with van der Waals surface area (Å²) in [6.45, 7) is 2.38. The number of fused-ring (bicyclic) bond motifs is 1. The molecule has 0 bridgehead atoms. The maximum atomic E-state index is 13.1. The molecule has 0 radical (unpaired) electrons. The van der Waals surface area contributed by atoms with Gasteiger partial charge in [0.2, 0.25) is 5.91 Å². The number of carbonyl (C=O) groups is 1. The van der Waals surface area contributed by atoms with Crippen molar-refractivity contribution in [3.63, 3.8) is 0 Å². The van der Waals surface area contributed by atoms with Crippen molar-refractivity contribution < 1.29 is 9.18 Å². The van der Waals surface area contributed by atoms with Gasteiger partial charge in [0.25, 0.3) is 0 Å². The second kappa shape index (κ2) is 8.62. The van der Waals surface area contributed by atoms with Gasteiger partial charge in [-0.05, 0) is 47.4 Å². The second-order valence-corrected chi connectivity index (χ2v) is 7.66. The van der Waals surface area contributed by atoms with Crippen molar-refractivity contribution in [1.82, 2.24) is 14.8 Å². The zero-order valence-corrected chi connectivity index (χ0v) is 16.6. The highest BCUT2D eigenvalue weighted by atomic mass is 19.1. The predicted molar refractivity (Wildman–Crippen MR) is 112 cm³/mol. The third-order valence-electron chi connectivity index (χ3n) is 5.70. The summed E-state index contributed by atoms with van der Waals surface area (Å²) in [4.78, 5) is 14.9. The Morgan fingerprint density at radius 2 is 1.83 bits per heavy atom. The molecule has 1 N–H and O–H groups in total. The molecule has 1 unspecified atom stereocenters. The fraction of sp³-hybridized carbons (Fsp3) is 0.292. The van der Waals surface area contributed by atoms with Crippen LogP contribution in [0.3, 0.4) is 0 Å². The molecule has 2 heterocycles. The minimum atomic E-state index is -0.289. The average molecular weight is 391 g/mol. The lowest BCUT2D eigenvalue weighted by Gasteiger charge is -2.36. The Morgan fingerprint density at radius 1 is 1.07 bits per heavy atom. The van der Waals surface area contributed by atoms with E-state index in [1.807, 2.05) is 19.3 Å². The summed E-state index contributed by atoms with van der Waals surface area (Å²) >= 11 is 0. The van der Waals surface area contributed by atoms with E-state index in [1.165, 1.54) is 29.0 Å². The first-order valence-corrected chi connectivity index (χ1v) is 10.0. The van der Waals surface area contributed by atoms with Gasteiger partial charge in [-0.25, -0.2) is 4.39 Å². The highest BCUT2D eigenvalue weighted by Gasteiger charge is 2.26. The van der Waals surface area contributed by atoms with E-state index in [9.17, 15) is 9.18 Å². The molecular weight excluding hydrogens is 365 g/mol. The molecule has 1 aliphatic rings. The van der Waals surface area contributed by atoms with Crippen LogP contribution in [0.1, 0.15) is 28.4 Å².